The minimum absolute atomic E-state index is 0.0809. The second kappa shape index (κ2) is 17.4. The number of carbonyl (C=O) groups excluding carboxylic acids is 4. The molecular formula is C40H47F2N5O8. The van der Waals surface area contributed by atoms with Crippen LogP contribution in [-0.4, -0.2) is 69.4 Å². The first-order valence-corrected chi connectivity index (χ1v) is 17.5. The number of nitrogens with one attached hydrogen (secondary N) is 2. The van der Waals surface area contributed by atoms with Gasteiger partial charge in [0.05, 0.1) is 12.2 Å². The van der Waals surface area contributed by atoms with E-state index in [0.717, 1.165) is 12.1 Å². The molecule has 0 spiro atoms. The second-order valence-corrected chi connectivity index (χ2v) is 14.9. The van der Waals surface area contributed by atoms with Gasteiger partial charge in [0.2, 0.25) is 11.8 Å². The molecule has 2 aromatic carbocycles. The number of pyridine rings is 1. The van der Waals surface area contributed by atoms with Crippen molar-refractivity contribution < 1.29 is 42.2 Å². The highest BCUT2D eigenvalue weighted by atomic mass is 19.1. The van der Waals surface area contributed by atoms with E-state index in [1.807, 2.05) is 0 Å². The summed E-state index contributed by atoms with van der Waals surface area (Å²) in [7, 11) is 3.20. The summed E-state index contributed by atoms with van der Waals surface area (Å²) in [5.74, 6) is -2.26. The number of ether oxygens (including phenoxy) is 3. The third-order valence-electron chi connectivity index (χ3n) is 7.78. The molecule has 0 fully saturated rings. The van der Waals surface area contributed by atoms with Gasteiger partial charge in [-0.2, -0.15) is 0 Å². The fourth-order valence-corrected chi connectivity index (χ4v) is 5.29. The molecule has 15 heteroatoms. The largest absolute Gasteiger partial charge is 0.487 e. The van der Waals surface area contributed by atoms with Crippen LogP contribution in [0.2, 0.25) is 0 Å². The summed E-state index contributed by atoms with van der Waals surface area (Å²) in [6.45, 7) is 9.70. The number of rotatable bonds is 12. The van der Waals surface area contributed by atoms with Gasteiger partial charge >= 0.3 is 12.2 Å². The van der Waals surface area contributed by atoms with Gasteiger partial charge in [0.1, 0.15) is 52.4 Å². The first kappa shape index (κ1) is 41.8. The molecule has 3 amide bonds. The summed E-state index contributed by atoms with van der Waals surface area (Å²) in [6.07, 6.45) is 3.13. The van der Waals surface area contributed by atoms with E-state index in [4.69, 9.17) is 14.2 Å². The summed E-state index contributed by atoms with van der Waals surface area (Å²) in [6, 6.07) is 11.6. The Morgan fingerprint density at radius 3 is 2.29 bits per heavy atom. The fourth-order valence-electron chi connectivity index (χ4n) is 5.29. The Bertz CT molecular complexity index is 2140. The lowest BCUT2D eigenvalue weighted by atomic mass is 10.1. The molecule has 0 saturated heterocycles. The maximum atomic E-state index is 14.4. The van der Waals surface area contributed by atoms with E-state index >= 15 is 0 Å². The second-order valence-electron chi connectivity index (χ2n) is 14.9. The number of nitrogens with zero attached hydrogens (tertiary/aromatic N) is 3. The predicted octanol–water partition coefficient (Wildman–Crippen LogP) is 6.75. The number of fused-ring (bicyclic) bond motifs is 1. The molecule has 0 aliphatic heterocycles. The van der Waals surface area contributed by atoms with E-state index in [1.54, 1.807) is 86.0 Å². The highest BCUT2D eigenvalue weighted by molar-refractivity contribution is 5.97. The van der Waals surface area contributed by atoms with Crippen LogP contribution in [0.5, 0.6) is 5.75 Å². The number of halogens is 2. The number of hydrogen-bond acceptors (Lipinski definition) is 8. The molecule has 0 unspecified atom stereocenters. The number of aromatic nitrogens is 2. The average Bonchev–Trinajstić information content (AvgIpc) is 3.44. The summed E-state index contributed by atoms with van der Waals surface area (Å²) in [5, 5.41) is 5.70. The van der Waals surface area contributed by atoms with Gasteiger partial charge < -0.3 is 34.3 Å². The Morgan fingerprint density at radius 1 is 0.927 bits per heavy atom. The molecule has 13 nitrogen and oxygen atoms in total. The van der Waals surface area contributed by atoms with Gasteiger partial charge in [0, 0.05) is 37.3 Å². The number of amides is 3. The van der Waals surface area contributed by atoms with Crippen molar-refractivity contribution in [3.63, 3.8) is 0 Å². The third-order valence-corrected chi connectivity index (χ3v) is 7.78. The molecule has 0 aliphatic carbocycles. The zero-order valence-electron chi connectivity index (χ0n) is 32.2. The van der Waals surface area contributed by atoms with Crippen LogP contribution in [-0.2, 0) is 32.2 Å². The van der Waals surface area contributed by atoms with Crippen LogP contribution in [0.15, 0.2) is 77.7 Å². The maximum Gasteiger partial charge on any atom is 0.419 e. The van der Waals surface area contributed by atoms with E-state index in [-0.39, 0.29) is 48.9 Å². The average molecular weight is 764 g/mol. The molecule has 55 heavy (non-hydrogen) atoms. The SMILES string of the molecule is CN(C)C(=O)/C=C/CC[C@H](NC(=O)OC(C)(C)C)C(=O)Nc1cccn(Cc2cc3cccc(OCc4ccc(F)cc4F)c3n2C(=O)OC(C)(C)C)c1=O. The Hall–Kier alpha value is -5.99. The number of alkyl carbamates (subject to hydrolysis) is 1. The molecule has 2 N–H and O–H groups in total. The molecule has 4 aromatic rings. The zero-order valence-corrected chi connectivity index (χ0v) is 32.2. The molecule has 2 aromatic heterocycles. The first-order valence-electron chi connectivity index (χ1n) is 17.5. The van der Waals surface area contributed by atoms with Gasteiger partial charge in [-0.25, -0.2) is 22.9 Å². The van der Waals surface area contributed by atoms with E-state index in [2.05, 4.69) is 10.6 Å². The number of hydrogen-bond donors (Lipinski definition) is 2. The van der Waals surface area contributed by atoms with E-state index in [0.29, 0.717) is 16.6 Å². The lowest BCUT2D eigenvalue weighted by Crippen LogP contribution is -2.46. The molecule has 294 valence electrons. The Morgan fingerprint density at radius 2 is 1.64 bits per heavy atom. The van der Waals surface area contributed by atoms with E-state index < -0.39 is 52.5 Å². The number of likely N-dealkylation sites (N-methyl/N-ethyl adjacent to an activating group) is 1. The van der Waals surface area contributed by atoms with Crippen molar-refractivity contribution in [1.82, 2.24) is 19.4 Å². The van der Waals surface area contributed by atoms with Crippen LogP contribution >= 0.6 is 0 Å². The quantitative estimate of drug-likeness (QED) is 0.151. The van der Waals surface area contributed by atoms with Crippen molar-refractivity contribution >= 4 is 40.6 Å². The highest BCUT2D eigenvalue weighted by Gasteiger charge is 2.27. The van der Waals surface area contributed by atoms with Gasteiger partial charge in [0.15, 0.2) is 0 Å². The van der Waals surface area contributed by atoms with Crippen LogP contribution < -0.4 is 20.9 Å². The lowest BCUT2D eigenvalue weighted by Gasteiger charge is -2.23. The van der Waals surface area contributed by atoms with Gasteiger partial charge in [-0.3, -0.25) is 14.4 Å². The van der Waals surface area contributed by atoms with Crippen LogP contribution in [0, 0.1) is 11.6 Å². The summed E-state index contributed by atoms with van der Waals surface area (Å²) in [4.78, 5) is 67.1. The maximum absolute atomic E-state index is 14.4. The van der Waals surface area contributed by atoms with Crippen molar-refractivity contribution in [3.8, 4) is 5.75 Å². The highest BCUT2D eigenvalue weighted by Crippen LogP contribution is 2.31. The lowest BCUT2D eigenvalue weighted by molar-refractivity contribution is -0.123. The predicted molar refractivity (Wildman–Crippen MR) is 203 cm³/mol. The Balaban J connectivity index is 1.66. The van der Waals surface area contributed by atoms with Crippen molar-refractivity contribution in [3.05, 3.63) is 106 Å². The van der Waals surface area contributed by atoms with Crippen LogP contribution in [0.1, 0.15) is 65.6 Å². The van der Waals surface area contributed by atoms with Crippen molar-refractivity contribution in [2.45, 2.75) is 84.8 Å². The molecule has 2 heterocycles. The summed E-state index contributed by atoms with van der Waals surface area (Å²) < 4.78 is 47.5. The standard InChI is InChI=1S/C40H47F2N5O8/c1-39(2,3)54-37(51)44-30(14-9-10-17-33(48)45(7)8)35(49)43-31-15-12-20-46(36(31)50)23-28-21-25-13-11-16-32(34(25)47(28)38(52)55-40(4,5)6)53-24-26-18-19-27(41)22-29(26)42/h10-13,15-22,30H,9,14,23-24H2,1-8H3,(H,43,49)(H,44,51)/b17-10+/t30-/m0/s1. The third kappa shape index (κ3) is 11.7. The topological polar surface area (TPSA) is 150 Å². The smallest absolute Gasteiger partial charge is 0.419 e. The molecule has 0 saturated carbocycles. The molecule has 0 aliphatic rings. The molecule has 0 radical (unpaired) electrons. The number of anilines is 1. The van der Waals surface area contributed by atoms with Crippen LogP contribution in [0.3, 0.4) is 0 Å². The molecular weight excluding hydrogens is 716 g/mol. The van der Waals surface area contributed by atoms with Crippen LogP contribution in [0.25, 0.3) is 10.9 Å². The van der Waals surface area contributed by atoms with Crippen molar-refractivity contribution in [2.75, 3.05) is 19.4 Å². The van der Waals surface area contributed by atoms with Crippen molar-refractivity contribution in [2.24, 2.45) is 0 Å². The minimum Gasteiger partial charge on any atom is -0.487 e. The minimum atomic E-state index is -1.14. The van der Waals surface area contributed by atoms with Gasteiger partial charge in [-0.05, 0) is 96.9 Å². The van der Waals surface area contributed by atoms with Crippen molar-refractivity contribution in [1.29, 1.82) is 0 Å². The summed E-state index contributed by atoms with van der Waals surface area (Å²) in [5.41, 5.74) is -1.75. The monoisotopic (exact) mass is 763 g/mol. The van der Waals surface area contributed by atoms with E-state index in [9.17, 15) is 32.8 Å². The van der Waals surface area contributed by atoms with E-state index in [1.165, 1.54) is 44.5 Å². The number of carbonyl (C=O) groups is 4. The number of benzene rings is 2. The molecule has 0 bridgehead atoms. The Kier molecular flexibility index (Phi) is 13.2. The fraction of sp³-hybridized carbons (Fsp3) is 0.375. The molecule has 4 rings (SSSR count). The normalized spacial score (nSPS) is 12.3. The number of para-hydroxylation sites is 1. The van der Waals surface area contributed by atoms with Gasteiger partial charge in [-0.1, -0.05) is 18.2 Å². The zero-order chi connectivity index (χ0) is 40.7. The summed E-state index contributed by atoms with van der Waals surface area (Å²) >= 11 is 0. The van der Waals surface area contributed by atoms with Crippen LogP contribution in [0.4, 0.5) is 24.1 Å². The number of allylic oxidation sites excluding steroid dienone is 1. The Labute approximate surface area is 317 Å². The van der Waals surface area contributed by atoms with Gasteiger partial charge in [0.25, 0.3) is 5.56 Å². The van der Waals surface area contributed by atoms with Gasteiger partial charge in [-0.15, -0.1) is 0 Å². The first-order chi connectivity index (χ1) is 25.7. The molecule has 1 atom stereocenters.